The van der Waals surface area contributed by atoms with Gasteiger partial charge in [-0.1, -0.05) is 301 Å². The van der Waals surface area contributed by atoms with Crippen LogP contribution >= 0.6 is 0 Å². The van der Waals surface area contributed by atoms with Crippen molar-refractivity contribution in [2.45, 2.75) is 468 Å². The fraction of sp³-hybridized carbons (Fsp3) is 0.854. The topological polar surface area (TPSA) is 0 Å². The van der Waals surface area contributed by atoms with Crippen LogP contribution in [0.1, 0.15) is 468 Å². The first-order valence-electron chi connectivity index (χ1n) is 42.4. The van der Waals surface area contributed by atoms with Gasteiger partial charge in [-0.05, 0) is 78.4 Å². The van der Waals surface area contributed by atoms with Crippen LogP contribution in [0.4, 0.5) is 0 Å². The predicted molar refractivity (Wildman–Crippen MR) is 453 cm³/mol. The summed E-state index contributed by atoms with van der Waals surface area (Å²) in [7, 11) is 0. The Hall–Kier alpha value is 7.73. The molecule has 1 spiro atoms. The number of hydrogen-bond donors (Lipinski definition) is 0. The molecule has 9 aliphatic rings. The summed E-state index contributed by atoms with van der Waals surface area (Å²) >= 11 is 0. The van der Waals surface area contributed by atoms with Crippen molar-refractivity contribution in [2.75, 3.05) is 0 Å². The van der Waals surface area contributed by atoms with Gasteiger partial charge >= 0.3 is 0 Å². The molecule has 9 saturated carbocycles. The summed E-state index contributed by atoms with van der Waals surface area (Å²) in [6.07, 6.45) is 64.6. The third-order valence-corrected chi connectivity index (χ3v) is 16.3. The molecular formula is C96H192Y7-14. The van der Waals surface area contributed by atoms with Gasteiger partial charge in [-0.25, -0.2) is 38.5 Å². The van der Waals surface area contributed by atoms with E-state index in [1.807, 2.05) is 0 Å². The Kier molecular flexibility index (Phi) is 144. The van der Waals surface area contributed by atoms with E-state index < -0.39 is 0 Å². The van der Waals surface area contributed by atoms with Gasteiger partial charge in [-0.15, -0.1) is 25.7 Å². The van der Waals surface area contributed by atoms with Gasteiger partial charge < -0.3 is 105 Å². The Labute approximate surface area is 839 Å². The average Bonchev–Trinajstić information content (AvgIpc) is 1.70. The second-order valence-electron chi connectivity index (χ2n) is 36.3. The summed E-state index contributed by atoms with van der Waals surface area (Å²) in [4.78, 5) is 0. The van der Waals surface area contributed by atoms with E-state index >= 15 is 0 Å². The van der Waals surface area contributed by atoms with Crippen molar-refractivity contribution in [1.82, 2.24) is 0 Å². The molecule has 9 aliphatic carbocycles. The Morgan fingerprint density at radius 1 is 0.204 bits per heavy atom. The van der Waals surface area contributed by atoms with Gasteiger partial charge in [0.25, 0.3) is 0 Å². The molecule has 103 heavy (non-hydrogen) atoms. The van der Waals surface area contributed by atoms with Crippen molar-refractivity contribution >= 4 is 0 Å². The third kappa shape index (κ3) is 142. The van der Waals surface area contributed by atoms with Crippen molar-refractivity contribution < 1.29 is 229 Å². The van der Waals surface area contributed by atoms with Crippen molar-refractivity contribution in [3.63, 3.8) is 0 Å². The van der Waals surface area contributed by atoms with Crippen LogP contribution in [0.25, 0.3) is 0 Å². The van der Waals surface area contributed by atoms with E-state index in [1.165, 1.54) is 244 Å². The Morgan fingerprint density at radius 2 is 0.330 bits per heavy atom. The maximum Gasteiger partial charge on any atom is 0 e. The molecule has 7 heteroatoms. The minimum Gasteiger partial charge on any atom is -0.372 e. The predicted octanol–water partition coefficient (Wildman–Crippen LogP) is 35.0. The molecule has 611 valence electrons. The molecule has 0 unspecified atom stereocenters. The molecule has 0 aliphatic heterocycles. The molecule has 0 aromatic carbocycles. The van der Waals surface area contributed by atoms with E-state index in [0.717, 1.165) is 84.9 Å². The molecule has 0 aromatic heterocycles. The minimum atomic E-state index is 0. The first kappa shape index (κ1) is 142. The fourth-order valence-electron chi connectivity index (χ4n) is 11.9. The van der Waals surface area contributed by atoms with Crippen molar-refractivity contribution in [3.8, 4) is 0 Å². The van der Waals surface area contributed by atoms with Crippen LogP contribution < -0.4 is 0 Å². The molecule has 0 atom stereocenters. The van der Waals surface area contributed by atoms with E-state index in [9.17, 15) is 0 Å². The monoisotopic (exact) mass is 1970 g/mol. The van der Waals surface area contributed by atoms with Crippen molar-refractivity contribution in [1.29, 1.82) is 0 Å². The molecule has 0 heterocycles. The molecule has 0 saturated heterocycles. The van der Waals surface area contributed by atoms with Gasteiger partial charge in [0, 0.05) is 229 Å². The zero-order chi connectivity index (χ0) is 75.2. The maximum absolute atomic E-state index is 3.96. The largest absolute Gasteiger partial charge is 0.372 e. The van der Waals surface area contributed by atoms with Crippen LogP contribution in [0.3, 0.4) is 0 Å². The molecule has 9 rings (SSSR count). The summed E-state index contributed by atoms with van der Waals surface area (Å²) in [6.45, 7) is 87.1. The van der Waals surface area contributed by atoms with Crippen LogP contribution in [0.2, 0.25) is 0 Å². The van der Waals surface area contributed by atoms with Crippen molar-refractivity contribution in [3.05, 3.63) is 91.9 Å². The van der Waals surface area contributed by atoms with E-state index in [-0.39, 0.29) is 240 Å². The maximum atomic E-state index is 3.96. The molecule has 7 radical (unpaired) electrons. The molecule has 0 N–H and O–H groups in total. The number of hydrogen-bond acceptors (Lipinski definition) is 0. The normalized spacial score (nSPS) is 18.5. The molecular weight excluding hydrogens is 1780 g/mol. The van der Waals surface area contributed by atoms with Gasteiger partial charge in [-0.2, -0.15) is 64.2 Å². The van der Waals surface area contributed by atoms with Crippen molar-refractivity contribution in [2.24, 2.45) is 63.6 Å². The Balaban J connectivity index is -0.0000000688. The van der Waals surface area contributed by atoms with Gasteiger partial charge in [0.2, 0.25) is 0 Å². The first-order valence-corrected chi connectivity index (χ1v) is 42.4. The van der Waals surface area contributed by atoms with Gasteiger partial charge in [0.05, 0.1) is 0 Å². The smallest absolute Gasteiger partial charge is 0 e. The Morgan fingerprint density at radius 3 is 0.437 bits per heavy atom. The minimum absolute atomic E-state index is 0. The van der Waals surface area contributed by atoms with Crippen LogP contribution in [-0.2, 0) is 229 Å². The molecule has 0 amide bonds. The van der Waals surface area contributed by atoms with E-state index in [0.29, 0.717) is 0 Å². The summed E-state index contributed by atoms with van der Waals surface area (Å²) in [5.41, 5.74) is 1.28. The van der Waals surface area contributed by atoms with E-state index in [1.54, 1.807) is 55.3 Å². The zero-order valence-electron chi connectivity index (χ0n) is 76.3. The second-order valence-corrected chi connectivity index (χ2v) is 36.3. The standard InChI is InChI=1S/4C9H16.4C7H12.8C4H10.7Y/c1-2-6-9(5-1)7-3-4-8-9;3*1-2-6-9-7-4-3-5-8-9;2*1-7(2)5-3-4-6-7;2*1-2-7-5-3-4-6-7;8*1-4(2)3;;;;;;;/h4*1-8H2;4*1-6H2;8*4H,1-3H3;;;;;;;/q;7*-2;;;;;;;;;;;;;;;. The second kappa shape index (κ2) is 104. The van der Waals surface area contributed by atoms with Crippen LogP contribution in [0.5, 0.6) is 0 Å². The number of rotatable bonds is 8. The Bertz CT molecular complexity index is 1140. The van der Waals surface area contributed by atoms with Crippen LogP contribution in [-0.4, -0.2) is 0 Å². The summed E-state index contributed by atoms with van der Waals surface area (Å²) in [5, 5.41) is 0. The van der Waals surface area contributed by atoms with E-state index in [2.05, 4.69) is 228 Å². The molecule has 0 bridgehead atoms. The zero-order valence-corrected chi connectivity index (χ0v) is 96.1. The van der Waals surface area contributed by atoms with Crippen LogP contribution in [0.15, 0.2) is 0 Å². The van der Waals surface area contributed by atoms with E-state index in [4.69, 9.17) is 0 Å². The molecule has 0 nitrogen and oxygen atoms in total. The van der Waals surface area contributed by atoms with Gasteiger partial charge in [0.15, 0.2) is 0 Å². The average molecular weight is 1970 g/mol. The SMILES string of the molecule is C1CCC2(C1)CCCC2.CC(C)C.CC(C)C.CC(C)C.CC(C)C.CC(C)C.CC(C)C.CC(C)C.CC(C)C.[CH2-]C1([CH2-])CCCC1.[CH2-]C1([CH2-])CCCC1.[CH2-]CC[C-]1CCCCC1.[CH2-]CC[C-]1CCCCC1.[CH2-]CC[C-]1CCCCC1.[CH2-]C[C-]1CCCC1.[CH2-]C[C-]1CCCC1.[Y].[Y].[Y].[Y].[Y].[Y].[Y]. The molecule has 0 aromatic rings. The van der Waals surface area contributed by atoms with Gasteiger partial charge in [0.1, 0.15) is 0 Å². The summed E-state index contributed by atoms with van der Waals surface area (Å²) in [6, 6.07) is 0. The summed E-state index contributed by atoms with van der Waals surface area (Å²) < 4.78 is 0. The fourth-order valence-corrected chi connectivity index (χ4v) is 11.9. The quantitative estimate of drug-likeness (QED) is 0.213. The third-order valence-electron chi connectivity index (χ3n) is 16.3. The summed E-state index contributed by atoms with van der Waals surface area (Å²) in [5.74, 6) is 15.4. The molecule has 9 fully saturated rings. The van der Waals surface area contributed by atoms with Gasteiger partial charge in [-0.3, -0.25) is 10.8 Å². The first-order chi connectivity index (χ1) is 44.8. The van der Waals surface area contributed by atoms with Crippen LogP contribution in [0, 0.1) is 155 Å².